The van der Waals surface area contributed by atoms with E-state index in [-0.39, 0.29) is 11.7 Å². The first-order valence-corrected chi connectivity index (χ1v) is 12.6. The van der Waals surface area contributed by atoms with E-state index in [0.29, 0.717) is 37.9 Å². The van der Waals surface area contributed by atoms with Gasteiger partial charge in [-0.2, -0.15) is 5.10 Å². The molecule has 0 radical (unpaired) electrons. The standard InChI is InChI=1S/C29H29N5O2/c1-19-11-22(7-10-31-19)28-25-13-21(4-5-23(25)15-32-28)27(35)12-20-3-2-8-29(36,14-20)18-34-26-17-30-9-6-24(26)16-33-34/h4-7,9-11,13,16-17,20,36H,2-3,8,12,14-15,18H2,1H3/t20-,29+/m0/s1. The van der Waals surface area contributed by atoms with Gasteiger partial charge in [0.2, 0.25) is 0 Å². The number of aliphatic imine (C=N–C) groups is 1. The number of rotatable bonds is 6. The molecular formula is C29H29N5O2. The first-order valence-electron chi connectivity index (χ1n) is 12.6. The Bertz CT molecular complexity index is 1490. The Morgan fingerprint density at radius 1 is 1.17 bits per heavy atom. The van der Waals surface area contributed by atoms with Gasteiger partial charge in [0.1, 0.15) is 0 Å². The SMILES string of the molecule is Cc1cc(C2=NCc3ccc(C(=O)C[C@@H]4CCC[C@](O)(Cn5ncc6ccncc65)C4)cc32)ccn1. The molecule has 0 saturated heterocycles. The van der Waals surface area contributed by atoms with Crippen LogP contribution in [0, 0.1) is 12.8 Å². The molecule has 3 aromatic heterocycles. The largest absolute Gasteiger partial charge is 0.388 e. The molecule has 36 heavy (non-hydrogen) atoms. The number of hydrogen-bond acceptors (Lipinski definition) is 6. The Kier molecular flexibility index (Phi) is 5.72. The Hall–Kier alpha value is -3.71. The summed E-state index contributed by atoms with van der Waals surface area (Å²) in [6.07, 6.45) is 10.7. The number of aromatic nitrogens is 4. The van der Waals surface area contributed by atoms with Crippen molar-refractivity contribution in [2.75, 3.05) is 0 Å². The smallest absolute Gasteiger partial charge is 0.163 e. The van der Waals surface area contributed by atoms with Crippen LogP contribution in [0.4, 0.5) is 0 Å². The molecule has 1 aromatic carbocycles. The second-order valence-electron chi connectivity index (χ2n) is 10.3. The average Bonchev–Trinajstić information content (AvgIpc) is 3.48. The molecule has 1 aliphatic carbocycles. The van der Waals surface area contributed by atoms with E-state index < -0.39 is 5.60 Å². The molecule has 0 bridgehead atoms. The van der Waals surface area contributed by atoms with E-state index in [1.54, 1.807) is 18.6 Å². The summed E-state index contributed by atoms with van der Waals surface area (Å²) in [7, 11) is 0. The van der Waals surface area contributed by atoms with Crippen LogP contribution in [0.3, 0.4) is 0 Å². The summed E-state index contributed by atoms with van der Waals surface area (Å²) >= 11 is 0. The molecule has 0 amide bonds. The van der Waals surface area contributed by atoms with Crippen molar-refractivity contribution in [3.63, 3.8) is 0 Å². The summed E-state index contributed by atoms with van der Waals surface area (Å²) in [6.45, 7) is 3.02. The summed E-state index contributed by atoms with van der Waals surface area (Å²) in [5.74, 6) is 0.262. The predicted molar refractivity (Wildman–Crippen MR) is 138 cm³/mol. The first kappa shape index (κ1) is 22.7. The van der Waals surface area contributed by atoms with Crippen LogP contribution in [-0.2, 0) is 13.1 Å². The molecule has 1 saturated carbocycles. The number of ketones is 1. The fourth-order valence-electron chi connectivity index (χ4n) is 5.78. The minimum atomic E-state index is -0.880. The molecule has 7 nitrogen and oxygen atoms in total. The van der Waals surface area contributed by atoms with Crippen molar-refractivity contribution >= 4 is 22.4 Å². The molecule has 1 fully saturated rings. The molecule has 4 aromatic rings. The molecule has 2 atom stereocenters. The summed E-state index contributed by atoms with van der Waals surface area (Å²) in [5.41, 5.74) is 5.84. The normalized spacial score (nSPS) is 21.4. The van der Waals surface area contributed by atoms with E-state index >= 15 is 0 Å². The van der Waals surface area contributed by atoms with E-state index in [1.807, 2.05) is 54.2 Å². The van der Waals surface area contributed by atoms with E-state index in [0.717, 1.165) is 51.8 Å². The molecular weight excluding hydrogens is 450 g/mol. The fourth-order valence-corrected chi connectivity index (χ4v) is 5.78. The number of pyridine rings is 2. The lowest BCUT2D eigenvalue weighted by molar-refractivity contribution is -0.0317. The van der Waals surface area contributed by atoms with Crippen molar-refractivity contribution in [1.82, 2.24) is 19.7 Å². The van der Waals surface area contributed by atoms with Crippen molar-refractivity contribution in [3.8, 4) is 0 Å². The highest BCUT2D eigenvalue weighted by atomic mass is 16.3. The molecule has 2 aliphatic rings. The zero-order valence-corrected chi connectivity index (χ0v) is 20.4. The zero-order valence-electron chi connectivity index (χ0n) is 20.4. The quantitative estimate of drug-likeness (QED) is 0.405. The Morgan fingerprint density at radius 2 is 2.08 bits per heavy atom. The van der Waals surface area contributed by atoms with Crippen LogP contribution in [-0.4, -0.2) is 42.0 Å². The monoisotopic (exact) mass is 479 g/mol. The lowest BCUT2D eigenvalue weighted by Crippen LogP contribution is -2.40. The molecule has 6 rings (SSSR count). The molecule has 1 N–H and O–H groups in total. The Labute approximate surface area is 209 Å². The van der Waals surface area contributed by atoms with Gasteiger partial charge in [-0.05, 0) is 61.9 Å². The maximum Gasteiger partial charge on any atom is 0.163 e. The van der Waals surface area contributed by atoms with Gasteiger partial charge < -0.3 is 5.11 Å². The maximum atomic E-state index is 13.4. The van der Waals surface area contributed by atoms with Gasteiger partial charge >= 0.3 is 0 Å². The van der Waals surface area contributed by atoms with Crippen LogP contribution < -0.4 is 0 Å². The van der Waals surface area contributed by atoms with E-state index in [9.17, 15) is 9.90 Å². The Morgan fingerprint density at radius 3 is 2.97 bits per heavy atom. The number of hydrogen-bond donors (Lipinski definition) is 1. The summed E-state index contributed by atoms with van der Waals surface area (Å²) in [6, 6.07) is 11.9. The van der Waals surface area contributed by atoms with Gasteiger partial charge in [0.25, 0.3) is 0 Å². The minimum absolute atomic E-state index is 0.123. The van der Waals surface area contributed by atoms with Gasteiger partial charge in [0.05, 0.1) is 42.3 Å². The highest BCUT2D eigenvalue weighted by Gasteiger charge is 2.36. The molecule has 0 unspecified atom stereocenters. The van der Waals surface area contributed by atoms with Crippen LogP contribution in [0.5, 0.6) is 0 Å². The van der Waals surface area contributed by atoms with Gasteiger partial charge in [0, 0.05) is 46.6 Å². The Balaban J connectivity index is 1.17. The van der Waals surface area contributed by atoms with Crippen molar-refractivity contribution in [1.29, 1.82) is 0 Å². The number of aliphatic hydroxyl groups is 1. The van der Waals surface area contributed by atoms with Gasteiger partial charge in [0.15, 0.2) is 5.78 Å². The summed E-state index contributed by atoms with van der Waals surface area (Å²) < 4.78 is 1.84. The van der Waals surface area contributed by atoms with Crippen molar-refractivity contribution in [2.45, 2.75) is 57.7 Å². The number of fused-ring (bicyclic) bond motifs is 2. The van der Waals surface area contributed by atoms with Crippen LogP contribution in [0.25, 0.3) is 10.9 Å². The van der Waals surface area contributed by atoms with Crippen LogP contribution in [0.15, 0.2) is 66.2 Å². The van der Waals surface area contributed by atoms with Gasteiger partial charge in [-0.25, -0.2) is 0 Å². The maximum absolute atomic E-state index is 13.4. The summed E-state index contributed by atoms with van der Waals surface area (Å²) in [5, 5.41) is 16.9. The first-order chi connectivity index (χ1) is 17.5. The topological polar surface area (TPSA) is 93.3 Å². The predicted octanol–water partition coefficient (Wildman–Crippen LogP) is 4.68. The molecule has 0 spiro atoms. The number of carbonyl (C=O) groups excluding carboxylic acids is 1. The lowest BCUT2D eigenvalue weighted by atomic mass is 9.75. The molecule has 4 heterocycles. The zero-order chi connectivity index (χ0) is 24.7. The minimum Gasteiger partial charge on any atom is -0.388 e. The highest BCUT2D eigenvalue weighted by Crippen LogP contribution is 2.37. The third-order valence-electron chi connectivity index (χ3n) is 7.55. The second kappa shape index (κ2) is 9.06. The van der Waals surface area contributed by atoms with Crippen LogP contribution in [0.2, 0.25) is 0 Å². The molecule has 182 valence electrons. The fraction of sp³-hybridized carbons (Fsp3) is 0.345. The van der Waals surface area contributed by atoms with E-state index in [4.69, 9.17) is 4.99 Å². The summed E-state index contributed by atoms with van der Waals surface area (Å²) in [4.78, 5) is 26.6. The highest BCUT2D eigenvalue weighted by molar-refractivity contribution is 6.16. The second-order valence-corrected chi connectivity index (χ2v) is 10.3. The average molecular weight is 480 g/mol. The lowest BCUT2D eigenvalue weighted by Gasteiger charge is -2.36. The van der Waals surface area contributed by atoms with E-state index in [2.05, 4.69) is 15.1 Å². The van der Waals surface area contributed by atoms with Crippen molar-refractivity contribution in [2.24, 2.45) is 10.9 Å². The van der Waals surface area contributed by atoms with Crippen LogP contribution >= 0.6 is 0 Å². The van der Waals surface area contributed by atoms with Gasteiger partial charge in [-0.15, -0.1) is 0 Å². The van der Waals surface area contributed by atoms with Gasteiger partial charge in [-0.3, -0.25) is 24.4 Å². The number of Topliss-reactive ketones (excluding diaryl/α,β-unsaturated/α-hetero) is 1. The number of carbonyl (C=O) groups is 1. The third-order valence-corrected chi connectivity index (χ3v) is 7.55. The van der Waals surface area contributed by atoms with Gasteiger partial charge in [-0.1, -0.05) is 18.6 Å². The van der Waals surface area contributed by atoms with Crippen LogP contribution in [0.1, 0.15) is 64.8 Å². The van der Waals surface area contributed by atoms with Crippen molar-refractivity contribution in [3.05, 3.63) is 89.1 Å². The number of nitrogens with zero attached hydrogens (tertiary/aromatic N) is 5. The molecule has 7 heteroatoms. The number of benzene rings is 1. The number of aryl methyl sites for hydroxylation is 1. The van der Waals surface area contributed by atoms with E-state index in [1.165, 1.54) is 0 Å². The third kappa shape index (κ3) is 4.35. The molecule has 1 aliphatic heterocycles. The van der Waals surface area contributed by atoms with Crippen molar-refractivity contribution < 1.29 is 9.90 Å².